The van der Waals surface area contributed by atoms with Gasteiger partial charge in [-0.15, -0.1) is 0 Å². The first-order valence-electron chi connectivity index (χ1n) is 9.26. The van der Waals surface area contributed by atoms with Gasteiger partial charge in [0.2, 0.25) is 0 Å². The lowest BCUT2D eigenvalue weighted by Crippen LogP contribution is -2.54. The standard InChI is InChI=1S/C22H27ClN2O/c1-25(2)22(16-24-21(26)19-8-10-20(23)11-9-19)14-12-18(13-15-22)17-6-4-3-5-7-17/h3-11,18H,12-16H2,1-2H3,(H,24,26). The number of benzene rings is 2. The Labute approximate surface area is 161 Å². The van der Waals surface area contributed by atoms with Gasteiger partial charge in [-0.3, -0.25) is 4.79 Å². The summed E-state index contributed by atoms with van der Waals surface area (Å²) in [5.74, 6) is 0.587. The molecule has 26 heavy (non-hydrogen) atoms. The second kappa shape index (κ2) is 8.24. The highest BCUT2D eigenvalue weighted by atomic mass is 35.5. The average Bonchev–Trinajstić information content (AvgIpc) is 2.67. The summed E-state index contributed by atoms with van der Waals surface area (Å²) in [7, 11) is 4.24. The van der Waals surface area contributed by atoms with Crippen LogP contribution in [-0.2, 0) is 0 Å². The summed E-state index contributed by atoms with van der Waals surface area (Å²) >= 11 is 5.90. The van der Waals surface area contributed by atoms with Crippen molar-refractivity contribution in [2.75, 3.05) is 20.6 Å². The van der Waals surface area contributed by atoms with Crippen molar-refractivity contribution >= 4 is 17.5 Å². The molecule has 0 heterocycles. The fraction of sp³-hybridized carbons (Fsp3) is 0.409. The van der Waals surface area contributed by atoms with Crippen molar-refractivity contribution in [3.05, 3.63) is 70.7 Å². The SMILES string of the molecule is CN(C)C1(CNC(=O)c2ccc(Cl)cc2)CCC(c2ccccc2)CC1. The van der Waals surface area contributed by atoms with Gasteiger partial charge >= 0.3 is 0 Å². The summed E-state index contributed by atoms with van der Waals surface area (Å²) in [6.45, 7) is 0.670. The van der Waals surface area contributed by atoms with Crippen molar-refractivity contribution in [1.29, 1.82) is 0 Å². The number of hydrogen-bond acceptors (Lipinski definition) is 2. The quantitative estimate of drug-likeness (QED) is 0.825. The maximum Gasteiger partial charge on any atom is 0.251 e. The summed E-state index contributed by atoms with van der Waals surface area (Å²) in [5, 5.41) is 3.79. The number of carbonyl (C=O) groups is 1. The van der Waals surface area contributed by atoms with Gasteiger partial charge in [0.1, 0.15) is 0 Å². The number of rotatable bonds is 5. The molecule has 0 spiro atoms. The zero-order valence-electron chi connectivity index (χ0n) is 15.5. The van der Waals surface area contributed by atoms with Gasteiger partial charge in [0.25, 0.3) is 5.91 Å². The third-order valence-electron chi connectivity index (χ3n) is 5.82. The number of likely N-dealkylation sites (N-methyl/N-ethyl adjacent to an activating group) is 1. The second-order valence-electron chi connectivity index (χ2n) is 7.49. The number of nitrogens with zero attached hydrogens (tertiary/aromatic N) is 1. The number of nitrogens with one attached hydrogen (secondary N) is 1. The van der Waals surface area contributed by atoms with Gasteiger partial charge in [0.05, 0.1) is 0 Å². The first-order valence-corrected chi connectivity index (χ1v) is 9.64. The predicted octanol–water partition coefficient (Wildman–Crippen LogP) is 4.73. The Morgan fingerprint density at radius 2 is 1.69 bits per heavy atom. The van der Waals surface area contributed by atoms with Crippen molar-refractivity contribution in [3.8, 4) is 0 Å². The van der Waals surface area contributed by atoms with E-state index in [1.54, 1.807) is 24.3 Å². The van der Waals surface area contributed by atoms with Crippen LogP contribution in [0.5, 0.6) is 0 Å². The van der Waals surface area contributed by atoms with Crippen molar-refractivity contribution in [2.24, 2.45) is 0 Å². The van der Waals surface area contributed by atoms with Crippen LogP contribution < -0.4 is 5.32 Å². The zero-order valence-corrected chi connectivity index (χ0v) is 16.3. The van der Waals surface area contributed by atoms with E-state index in [9.17, 15) is 4.79 Å². The van der Waals surface area contributed by atoms with Crippen molar-refractivity contribution in [2.45, 2.75) is 37.1 Å². The molecule has 2 aromatic rings. The lowest BCUT2D eigenvalue weighted by Gasteiger charge is -2.45. The molecule has 4 heteroatoms. The van der Waals surface area contributed by atoms with E-state index < -0.39 is 0 Å². The van der Waals surface area contributed by atoms with E-state index in [4.69, 9.17) is 11.6 Å². The molecule has 1 amide bonds. The van der Waals surface area contributed by atoms with Crippen LogP contribution >= 0.6 is 11.6 Å². The third kappa shape index (κ3) is 4.28. The number of amides is 1. The Bertz CT molecular complexity index is 720. The molecule has 0 radical (unpaired) electrons. The Hall–Kier alpha value is -1.84. The monoisotopic (exact) mass is 370 g/mol. The lowest BCUT2D eigenvalue weighted by atomic mass is 9.73. The van der Waals surface area contributed by atoms with Crippen molar-refractivity contribution in [3.63, 3.8) is 0 Å². The third-order valence-corrected chi connectivity index (χ3v) is 6.07. The van der Waals surface area contributed by atoms with E-state index in [1.807, 2.05) is 0 Å². The number of hydrogen-bond donors (Lipinski definition) is 1. The Morgan fingerprint density at radius 3 is 2.27 bits per heavy atom. The van der Waals surface area contributed by atoms with Crippen LogP contribution in [0.3, 0.4) is 0 Å². The molecule has 0 bridgehead atoms. The fourth-order valence-corrected chi connectivity index (χ4v) is 4.07. The highest BCUT2D eigenvalue weighted by Gasteiger charge is 2.37. The molecule has 0 unspecified atom stereocenters. The van der Waals surface area contributed by atoms with E-state index in [-0.39, 0.29) is 11.4 Å². The zero-order chi connectivity index (χ0) is 18.6. The molecule has 0 aliphatic heterocycles. The molecule has 0 aromatic heterocycles. The Morgan fingerprint density at radius 1 is 1.08 bits per heavy atom. The van der Waals surface area contributed by atoms with Crippen molar-refractivity contribution in [1.82, 2.24) is 10.2 Å². The lowest BCUT2D eigenvalue weighted by molar-refractivity contribution is 0.0769. The summed E-state index contributed by atoms with van der Waals surface area (Å²) in [6, 6.07) is 17.8. The molecule has 3 nitrogen and oxygen atoms in total. The summed E-state index contributed by atoms with van der Waals surface area (Å²) < 4.78 is 0. The number of carbonyl (C=O) groups excluding carboxylic acids is 1. The molecule has 2 aromatic carbocycles. The molecule has 0 saturated heterocycles. The van der Waals surface area contributed by atoms with Crippen LogP contribution in [0.1, 0.15) is 47.5 Å². The molecule has 1 aliphatic carbocycles. The van der Waals surface area contributed by atoms with Gasteiger partial charge in [-0.25, -0.2) is 0 Å². The van der Waals surface area contributed by atoms with Crippen LogP contribution in [0, 0.1) is 0 Å². The minimum atomic E-state index is -0.0342. The van der Waals surface area contributed by atoms with Gasteiger partial charge in [-0.2, -0.15) is 0 Å². The van der Waals surface area contributed by atoms with Gasteiger partial charge in [0, 0.05) is 22.7 Å². The van der Waals surface area contributed by atoms with Crippen LogP contribution in [0.2, 0.25) is 5.02 Å². The maximum atomic E-state index is 12.5. The molecule has 1 fully saturated rings. The molecular weight excluding hydrogens is 344 g/mol. The average molecular weight is 371 g/mol. The minimum absolute atomic E-state index is 0.0212. The normalized spacial score (nSPS) is 23.0. The number of halogens is 1. The summed E-state index contributed by atoms with van der Waals surface area (Å²) in [5.41, 5.74) is 2.11. The highest BCUT2D eigenvalue weighted by Crippen LogP contribution is 2.40. The smallest absolute Gasteiger partial charge is 0.251 e. The van der Waals surface area contributed by atoms with Gasteiger partial charge in [-0.1, -0.05) is 41.9 Å². The van der Waals surface area contributed by atoms with Gasteiger partial charge < -0.3 is 10.2 Å². The Balaban J connectivity index is 1.62. The first-order chi connectivity index (χ1) is 12.5. The molecule has 3 rings (SSSR count). The molecule has 0 atom stereocenters. The van der Waals surface area contributed by atoms with E-state index in [2.05, 4.69) is 54.6 Å². The van der Waals surface area contributed by atoms with Crippen LogP contribution in [0.15, 0.2) is 54.6 Å². The highest BCUT2D eigenvalue weighted by molar-refractivity contribution is 6.30. The van der Waals surface area contributed by atoms with E-state index in [1.165, 1.54) is 5.56 Å². The van der Waals surface area contributed by atoms with Crippen LogP contribution in [0.4, 0.5) is 0 Å². The summed E-state index contributed by atoms with van der Waals surface area (Å²) in [4.78, 5) is 14.8. The van der Waals surface area contributed by atoms with E-state index in [0.29, 0.717) is 23.0 Å². The molecule has 1 aliphatic rings. The first kappa shape index (κ1) is 18.9. The van der Waals surface area contributed by atoms with Crippen LogP contribution in [0.25, 0.3) is 0 Å². The van der Waals surface area contributed by atoms with Gasteiger partial charge in [0.15, 0.2) is 0 Å². The van der Waals surface area contributed by atoms with Crippen molar-refractivity contribution < 1.29 is 4.79 Å². The predicted molar refractivity (Wildman–Crippen MR) is 108 cm³/mol. The topological polar surface area (TPSA) is 32.3 Å². The molecule has 138 valence electrons. The van der Waals surface area contributed by atoms with Crippen LogP contribution in [-0.4, -0.2) is 37.0 Å². The maximum absolute atomic E-state index is 12.5. The molecule has 1 saturated carbocycles. The van der Waals surface area contributed by atoms with Gasteiger partial charge in [-0.05, 0) is 75.5 Å². The fourth-order valence-electron chi connectivity index (χ4n) is 3.94. The van der Waals surface area contributed by atoms with E-state index in [0.717, 1.165) is 25.7 Å². The largest absolute Gasteiger partial charge is 0.350 e. The molecule has 1 N–H and O–H groups in total. The Kier molecular flexibility index (Phi) is 6.00. The minimum Gasteiger partial charge on any atom is -0.350 e. The second-order valence-corrected chi connectivity index (χ2v) is 7.93. The van der Waals surface area contributed by atoms with E-state index >= 15 is 0 Å². The summed E-state index contributed by atoms with van der Waals surface area (Å²) in [6.07, 6.45) is 4.47. The molecular formula is C22H27ClN2O.